The lowest BCUT2D eigenvalue weighted by Gasteiger charge is -2.34. The molecule has 12 aromatic carbocycles. The predicted molar refractivity (Wildman–Crippen MR) is 404 cm³/mol. The van der Waals surface area contributed by atoms with Gasteiger partial charge in [-0.15, -0.1) is 11.3 Å². The zero-order valence-electron chi connectivity index (χ0n) is 56.3. The standard InChI is InChI=1S/C88H85ClN2S/c1-84(2,3)61-39-30-56(31-40-61)57-36-47-66(48-37-57)90(83-67(58-32-41-62(42-33-58)85(4,5)6)26-20-27-68(83)59-34-43-63(44-35-59)86(7,8)9)78-28-21-29-79(82(78)89)91(80-55-92-81-51-46-65(54-76(80)81)88(13,14)15)77-50-45-64(87(10,11)12)53-74(77)60-38-49-73-71-24-17-16-22-69(71)70-23-18-19-25-72(70)75(73)52-60/h16-55H,1-15H3. The van der Waals surface area contributed by atoms with E-state index in [4.69, 9.17) is 11.6 Å². The minimum absolute atomic E-state index is 0.0225. The van der Waals surface area contributed by atoms with Crippen LogP contribution in [0.1, 0.15) is 132 Å². The number of anilines is 6. The van der Waals surface area contributed by atoms with Gasteiger partial charge in [0.15, 0.2) is 0 Å². The van der Waals surface area contributed by atoms with Crippen molar-refractivity contribution in [3.8, 4) is 44.5 Å². The Labute approximate surface area is 555 Å². The summed E-state index contributed by atoms with van der Waals surface area (Å²) in [6.07, 6.45) is 0. The molecule has 0 aliphatic heterocycles. The van der Waals surface area contributed by atoms with E-state index >= 15 is 0 Å². The van der Waals surface area contributed by atoms with Crippen LogP contribution in [0.4, 0.5) is 34.1 Å². The smallest absolute Gasteiger partial charge is 0.0887 e. The maximum Gasteiger partial charge on any atom is 0.0887 e. The first-order valence-corrected chi connectivity index (χ1v) is 33.9. The molecule has 1 heterocycles. The first-order chi connectivity index (χ1) is 43.7. The van der Waals surface area contributed by atoms with Crippen LogP contribution in [0.3, 0.4) is 0 Å². The number of halogens is 1. The van der Waals surface area contributed by atoms with Gasteiger partial charge in [0.1, 0.15) is 0 Å². The second kappa shape index (κ2) is 23.4. The lowest BCUT2D eigenvalue weighted by atomic mass is 9.84. The summed E-state index contributed by atoms with van der Waals surface area (Å²) in [6.45, 7) is 34.4. The summed E-state index contributed by atoms with van der Waals surface area (Å²) in [5.74, 6) is 0. The average Bonchev–Trinajstić information content (AvgIpc) is 1.63. The fourth-order valence-corrected chi connectivity index (χ4v) is 14.5. The van der Waals surface area contributed by atoms with Gasteiger partial charge in [0, 0.05) is 37.8 Å². The van der Waals surface area contributed by atoms with Crippen molar-refractivity contribution in [2.24, 2.45) is 0 Å². The zero-order valence-corrected chi connectivity index (χ0v) is 57.8. The molecule has 460 valence electrons. The lowest BCUT2D eigenvalue weighted by Crippen LogP contribution is -2.17. The molecule has 4 heteroatoms. The number of benzene rings is 12. The number of fused-ring (bicyclic) bond motifs is 7. The summed E-state index contributed by atoms with van der Waals surface area (Å²) in [6, 6.07) is 89.2. The third-order valence-electron chi connectivity index (χ3n) is 18.9. The molecule has 0 radical (unpaired) electrons. The van der Waals surface area contributed by atoms with E-state index < -0.39 is 0 Å². The van der Waals surface area contributed by atoms with E-state index in [2.05, 4.69) is 356 Å². The Balaban J connectivity index is 1.10. The third kappa shape index (κ3) is 11.7. The Morgan fingerprint density at radius 3 is 1.15 bits per heavy atom. The average molecular weight is 1240 g/mol. The van der Waals surface area contributed by atoms with Crippen LogP contribution >= 0.6 is 22.9 Å². The highest BCUT2D eigenvalue weighted by Crippen LogP contribution is 2.55. The van der Waals surface area contributed by atoms with Crippen molar-refractivity contribution in [3.63, 3.8) is 0 Å². The van der Waals surface area contributed by atoms with Crippen molar-refractivity contribution in [1.82, 2.24) is 0 Å². The summed E-state index contributed by atoms with van der Waals surface area (Å²) < 4.78 is 1.21. The number of hydrogen-bond acceptors (Lipinski definition) is 3. The van der Waals surface area contributed by atoms with E-state index in [1.54, 1.807) is 11.3 Å². The minimum Gasteiger partial charge on any atom is -0.308 e. The van der Waals surface area contributed by atoms with E-state index in [9.17, 15) is 0 Å². The summed E-state index contributed by atoms with van der Waals surface area (Å²) in [5.41, 5.74) is 21.0. The van der Waals surface area contributed by atoms with Crippen LogP contribution in [-0.4, -0.2) is 0 Å². The van der Waals surface area contributed by atoms with Crippen molar-refractivity contribution in [2.75, 3.05) is 9.80 Å². The van der Waals surface area contributed by atoms with Crippen LogP contribution in [0.15, 0.2) is 242 Å². The summed E-state index contributed by atoms with van der Waals surface area (Å²) in [4.78, 5) is 4.93. The van der Waals surface area contributed by atoms with Crippen LogP contribution in [0, 0.1) is 0 Å². The zero-order chi connectivity index (χ0) is 64.8. The molecule has 0 atom stereocenters. The topological polar surface area (TPSA) is 6.48 Å². The molecular weight excluding hydrogens is 1150 g/mol. The number of nitrogens with zero attached hydrogens (tertiary/aromatic N) is 2. The molecule has 0 saturated heterocycles. The van der Waals surface area contributed by atoms with E-state index in [0.717, 1.165) is 73.1 Å². The van der Waals surface area contributed by atoms with Gasteiger partial charge in [-0.1, -0.05) is 297 Å². The SMILES string of the molecule is CC(C)(C)c1ccc(-c2ccc(N(c3cccc(N(c4ccc(C(C)(C)C)cc4-c4ccc5c6ccccc6c6ccccc6c5c4)c4csc5ccc(C(C)(C)C)cc45)c3Cl)c3c(-c4ccc(C(C)(C)C)cc4)cccc3-c3ccc(C(C)(C)C)cc3)cc2)cc1. The molecule has 0 aliphatic carbocycles. The minimum atomic E-state index is -0.150. The highest BCUT2D eigenvalue weighted by molar-refractivity contribution is 7.17. The van der Waals surface area contributed by atoms with Gasteiger partial charge in [-0.2, -0.15) is 0 Å². The van der Waals surface area contributed by atoms with Gasteiger partial charge in [-0.3, -0.25) is 0 Å². The number of thiophene rings is 1. The van der Waals surface area contributed by atoms with Gasteiger partial charge in [0.25, 0.3) is 0 Å². The molecule has 92 heavy (non-hydrogen) atoms. The molecular formula is C88H85ClN2S. The Hall–Kier alpha value is -8.73. The quantitative estimate of drug-likeness (QED) is 0.126. The van der Waals surface area contributed by atoms with Crippen LogP contribution in [0.5, 0.6) is 0 Å². The fourth-order valence-electron chi connectivity index (χ4n) is 13.3. The van der Waals surface area contributed by atoms with Crippen LogP contribution in [0.25, 0.3) is 86.9 Å². The van der Waals surface area contributed by atoms with Crippen molar-refractivity contribution in [2.45, 2.75) is 131 Å². The van der Waals surface area contributed by atoms with Gasteiger partial charge in [-0.05, 0) is 170 Å². The molecule has 0 N–H and O–H groups in total. The molecule has 0 fully saturated rings. The second-order valence-electron chi connectivity index (χ2n) is 30.4. The Morgan fingerprint density at radius 2 is 0.663 bits per heavy atom. The Bertz CT molecular complexity index is 4800. The number of rotatable bonds is 10. The van der Waals surface area contributed by atoms with Crippen LogP contribution in [-0.2, 0) is 27.1 Å². The molecule has 0 unspecified atom stereocenters. The van der Waals surface area contributed by atoms with Gasteiger partial charge in [0.05, 0.1) is 33.5 Å². The second-order valence-corrected chi connectivity index (χ2v) is 31.7. The Kier molecular flexibility index (Phi) is 15.8. The number of hydrogen-bond donors (Lipinski definition) is 0. The van der Waals surface area contributed by atoms with E-state index in [1.165, 1.54) is 75.8 Å². The molecule has 0 aliphatic rings. The summed E-state index contributed by atoms with van der Waals surface area (Å²) in [5, 5.41) is 11.6. The fraction of sp³-hybridized carbons (Fsp3) is 0.227. The molecule has 0 amide bonds. The summed E-state index contributed by atoms with van der Waals surface area (Å²) >= 11 is 10.4. The summed E-state index contributed by atoms with van der Waals surface area (Å²) in [7, 11) is 0. The molecule has 1 aromatic heterocycles. The highest BCUT2D eigenvalue weighted by Gasteiger charge is 2.31. The monoisotopic (exact) mass is 1240 g/mol. The maximum atomic E-state index is 8.66. The molecule has 2 nitrogen and oxygen atoms in total. The van der Waals surface area contributed by atoms with Gasteiger partial charge in [0.2, 0.25) is 0 Å². The van der Waals surface area contributed by atoms with Crippen molar-refractivity contribution >= 4 is 99.5 Å². The first-order valence-electron chi connectivity index (χ1n) is 32.7. The van der Waals surface area contributed by atoms with E-state index in [-0.39, 0.29) is 27.1 Å². The van der Waals surface area contributed by atoms with Crippen molar-refractivity contribution in [1.29, 1.82) is 0 Å². The van der Waals surface area contributed by atoms with Gasteiger partial charge < -0.3 is 9.80 Å². The molecule has 13 rings (SSSR count). The van der Waals surface area contributed by atoms with Crippen molar-refractivity contribution in [3.05, 3.63) is 275 Å². The first kappa shape index (κ1) is 62.1. The third-order valence-corrected chi connectivity index (χ3v) is 20.2. The van der Waals surface area contributed by atoms with Crippen LogP contribution in [0.2, 0.25) is 5.02 Å². The maximum absolute atomic E-state index is 8.66. The van der Waals surface area contributed by atoms with Gasteiger partial charge in [-0.25, -0.2) is 0 Å². The van der Waals surface area contributed by atoms with Crippen molar-refractivity contribution < 1.29 is 0 Å². The van der Waals surface area contributed by atoms with Gasteiger partial charge >= 0.3 is 0 Å². The number of para-hydroxylation sites is 1. The highest BCUT2D eigenvalue weighted by atomic mass is 35.5. The molecule has 0 bridgehead atoms. The van der Waals surface area contributed by atoms with E-state index in [1.807, 2.05) is 0 Å². The predicted octanol–water partition coefficient (Wildman–Crippen LogP) is 27.1. The lowest BCUT2D eigenvalue weighted by molar-refractivity contribution is 0.590. The normalized spacial score (nSPS) is 12.6. The van der Waals surface area contributed by atoms with Crippen LogP contribution < -0.4 is 9.80 Å². The molecule has 0 spiro atoms. The molecule has 0 saturated carbocycles. The van der Waals surface area contributed by atoms with E-state index in [0.29, 0.717) is 5.02 Å². The Morgan fingerprint density at radius 1 is 0.272 bits per heavy atom. The molecule has 13 aromatic rings. The largest absolute Gasteiger partial charge is 0.308 e.